The van der Waals surface area contributed by atoms with Crippen molar-refractivity contribution in [1.29, 1.82) is 0 Å². The molecule has 1 aromatic rings. The third-order valence-electron chi connectivity index (χ3n) is 6.64. The van der Waals surface area contributed by atoms with E-state index in [1.807, 2.05) is 28.7 Å². The highest BCUT2D eigenvalue weighted by Crippen LogP contribution is 2.33. The van der Waals surface area contributed by atoms with E-state index in [0.717, 1.165) is 31.5 Å². The molecule has 3 fully saturated rings. The predicted octanol–water partition coefficient (Wildman–Crippen LogP) is 1.17. The summed E-state index contributed by atoms with van der Waals surface area (Å²) in [5, 5.41) is 6.95. The lowest BCUT2D eigenvalue weighted by Crippen LogP contribution is -2.54. The van der Waals surface area contributed by atoms with Gasteiger partial charge in [0, 0.05) is 39.3 Å². The van der Waals surface area contributed by atoms with Crippen LogP contribution in [0.25, 0.3) is 0 Å². The summed E-state index contributed by atoms with van der Waals surface area (Å²) in [5.41, 5.74) is 0.165. The van der Waals surface area contributed by atoms with Gasteiger partial charge in [-0.1, -0.05) is 0 Å². The molecule has 1 atom stereocenters. The molecule has 8 nitrogen and oxygen atoms in total. The Hall–Kier alpha value is -1.97. The van der Waals surface area contributed by atoms with Gasteiger partial charge in [-0.05, 0) is 48.1 Å². The zero-order valence-corrected chi connectivity index (χ0v) is 18.3. The number of hydrogen-bond donors (Lipinski definition) is 1. The molecule has 1 N–H and O–H groups in total. The van der Waals surface area contributed by atoms with E-state index in [1.54, 1.807) is 11.3 Å². The lowest BCUT2D eigenvalue weighted by molar-refractivity contribution is -0.135. The summed E-state index contributed by atoms with van der Waals surface area (Å²) in [7, 11) is 0. The first-order chi connectivity index (χ1) is 14.5. The Morgan fingerprint density at radius 3 is 2.60 bits per heavy atom. The number of carbonyl (C=O) groups excluding carboxylic acids is 3. The third-order valence-corrected chi connectivity index (χ3v) is 7.38. The van der Waals surface area contributed by atoms with Gasteiger partial charge in [0.1, 0.15) is 5.54 Å². The van der Waals surface area contributed by atoms with E-state index in [4.69, 9.17) is 4.74 Å². The van der Waals surface area contributed by atoms with Crippen LogP contribution in [0.4, 0.5) is 4.79 Å². The van der Waals surface area contributed by atoms with Gasteiger partial charge in [0.05, 0.1) is 19.6 Å². The van der Waals surface area contributed by atoms with E-state index in [-0.39, 0.29) is 23.8 Å². The Bertz CT molecular complexity index is 772. The standard InChI is InChI=1S/C21H30N4O4S/c1-21(17-2-5-24(6-3-17)18(26)14-16-4-13-30-15-16)19(27)25(20(28)22-21)8-7-23-9-11-29-12-10-23/h4,13,15,17H,2-3,5-12,14H2,1H3,(H,22,28). The van der Waals surface area contributed by atoms with Crippen LogP contribution in [0.1, 0.15) is 25.3 Å². The monoisotopic (exact) mass is 434 g/mol. The van der Waals surface area contributed by atoms with Crippen molar-refractivity contribution >= 4 is 29.2 Å². The van der Waals surface area contributed by atoms with Crippen molar-refractivity contribution in [2.75, 3.05) is 52.5 Å². The van der Waals surface area contributed by atoms with Crippen molar-refractivity contribution in [1.82, 2.24) is 20.0 Å². The van der Waals surface area contributed by atoms with Gasteiger partial charge in [-0.25, -0.2) is 4.79 Å². The molecule has 0 aliphatic carbocycles. The van der Waals surface area contributed by atoms with Gasteiger partial charge in [-0.3, -0.25) is 19.4 Å². The molecule has 0 spiro atoms. The lowest BCUT2D eigenvalue weighted by Gasteiger charge is -2.39. The van der Waals surface area contributed by atoms with Gasteiger partial charge < -0.3 is 15.0 Å². The number of piperidine rings is 1. The minimum atomic E-state index is -0.884. The van der Waals surface area contributed by atoms with E-state index in [9.17, 15) is 14.4 Å². The molecular weight excluding hydrogens is 404 g/mol. The molecule has 3 aliphatic rings. The molecule has 0 radical (unpaired) electrons. The molecule has 0 aromatic carbocycles. The van der Waals surface area contributed by atoms with Crippen molar-refractivity contribution in [3.05, 3.63) is 22.4 Å². The zero-order valence-electron chi connectivity index (χ0n) is 17.5. The maximum absolute atomic E-state index is 13.2. The molecule has 3 saturated heterocycles. The predicted molar refractivity (Wildman–Crippen MR) is 113 cm³/mol. The largest absolute Gasteiger partial charge is 0.379 e. The summed E-state index contributed by atoms with van der Waals surface area (Å²) < 4.78 is 5.35. The first kappa shape index (κ1) is 21.3. The van der Waals surface area contributed by atoms with Gasteiger partial charge in [0.25, 0.3) is 5.91 Å². The fourth-order valence-corrected chi connectivity index (χ4v) is 5.32. The fourth-order valence-electron chi connectivity index (χ4n) is 4.65. The first-order valence-corrected chi connectivity index (χ1v) is 11.6. The molecule has 0 saturated carbocycles. The Morgan fingerprint density at radius 1 is 1.20 bits per heavy atom. The number of morpholine rings is 1. The van der Waals surface area contributed by atoms with Crippen LogP contribution in [0.5, 0.6) is 0 Å². The summed E-state index contributed by atoms with van der Waals surface area (Å²) in [6.45, 7) is 7.23. The summed E-state index contributed by atoms with van der Waals surface area (Å²) in [5.74, 6) is 0.0299. The fraction of sp³-hybridized carbons (Fsp3) is 0.667. The molecular formula is C21H30N4O4S. The molecule has 164 valence electrons. The molecule has 4 heterocycles. The highest BCUT2D eigenvalue weighted by molar-refractivity contribution is 7.08. The molecule has 9 heteroatoms. The van der Waals surface area contributed by atoms with Crippen LogP contribution in [-0.2, 0) is 20.7 Å². The van der Waals surface area contributed by atoms with Crippen LogP contribution in [0, 0.1) is 5.92 Å². The molecule has 4 amide bonds. The Labute approximate surface area is 181 Å². The normalized spacial score (nSPS) is 26.3. The van der Waals surface area contributed by atoms with Crippen molar-refractivity contribution in [3.63, 3.8) is 0 Å². The van der Waals surface area contributed by atoms with Crippen LogP contribution in [0.3, 0.4) is 0 Å². The van der Waals surface area contributed by atoms with Crippen LogP contribution < -0.4 is 5.32 Å². The van der Waals surface area contributed by atoms with Gasteiger partial charge >= 0.3 is 6.03 Å². The number of likely N-dealkylation sites (tertiary alicyclic amines) is 1. The number of amides is 4. The van der Waals surface area contributed by atoms with Gasteiger partial charge in [-0.15, -0.1) is 0 Å². The molecule has 0 bridgehead atoms. The summed E-state index contributed by atoms with van der Waals surface area (Å²) in [6.07, 6.45) is 1.86. The van der Waals surface area contributed by atoms with E-state index >= 15 is 0 Å². The Balaban J connectivity index is 1.30. The quantitative estimate of drug-likeness (QED) is 0.680. The summed E-state index contributed by atoms with van der Waals surface area (Å²) in [4.78, 5) is 43.7. The van der Waals surface area contributed by atoms with E-state index < -0.39 is 5.54 Å². The van der Waals surface area contributed by atoms with Crippen molar-refractivity contribution in [3.8, 4) is 0 Å². The van der Waals surface area contributed by atoms with Crippen LogP contribution in [0.15, 0.2) is 16.8 Å². The number of carbonyl (C=O) groups is 3. The summed E-state index contributed by atoms with van der Waals surface area (Å²) in [6, 6.07) is 1.68. The smallest absolute Gasteiger partial charge is 0.325 e. The second kappa shape index (κ2) is 9.03. The zero-order chi connectivity index (χ0) is 21.1. The van der Waals surface area contributed by atoms with Crippen LogP contribution in [0.2, 0.25) is 0 Å². The number of thiophene rings is 1. The van der Waals surface area contributed by atoms with Gasteiger partial charge in [-0.2, -0.15) is 11.3 Å². The minimum Gasteiger partial charge on any atom is -0.379 e. The minimum absolute atomic E-state index is 0.0348. The Kier molecular flexibility index (Phi) is 6.40. The van der Waals surface area contributed by atoms with E-state index in [1.165, 1.54) is 4.90 Å². The number of rotatable bonds is 6. The summed E-state index contributed by atoms with van der Waals surface area (Å²) >= 11 is 1.60. The first-order valence-electron chi connectivity index (χ1n) is 10.7. The number of imide groups is 1. The van der Waals surface area contributed by atoms with Crippen molar-refractivity contribution in [2.45, 2.75) is 31.7 Å². The topological polar surface area (TPSA) is 82.2 Å². The SMILES string of the molecule is CC1(C2CCN(C(=O)Cc3ccsc3)CC2)NC(=O)N(CCN2CCOCC2)C1=O. The number of urea groups is 1. The van der Waals surface area contributed by atoms with Crippen molar-refractivity contribution < 1.29 is 19.1 Å². The highest BCUT2D eigenvalue weighted by Gasteiger charge is 2.52. The number of ether oxygens (including phenoxy) is 1. The van der Waals surface area contributed by atoms with Gasteiger partial charge in [0.2, 0.25) is 5.91 Å². The highest BCUT2D eigenvalue weighted by atomic mass is 32.1. The molecule has 1 unspecified atom stereocenters. The number of nitrogens with one attached hydrogen (secondary N) is 1. The van der Waals surface area contributed by atoms with Crippen LogP contribution >= 0.6 is 11.3 Å². The molecule has 30 heavy (non-hydrogen) atoms. The second-order valence-corrected chi connectivity index (χ2v) is 9.29. The number of hydrogen-bond acceptors (Lipinski definition) is 6. The second-order valence-electron chi connectivity index (χ2n) is 8.51. The average Bonchev–Trinajstić information content (AvgIpc) is 3.34. The average molecular weight is 435 g/mol. The maximum Gasteiger partial charge on any atom is 0.325 e. The molecule has 3 aliphatic heterocycles. The van der Waals surface area contributed by atoms with E-state index in [2.05, 4.69) is 10.2 Å². The molecule has 4 rings (SSSR count). The maximum atomic E-state index is 13.2. The van der Waals surface area contributed by atoms with Gasteiger partial charge in [0.15, 0.2) is 0 Å². The van der Waals surface area contributed by atoms with Crippen LogP contribution in [-0.4, -0.2) is 90.6 Å². The molecule has 1 aromatic heterocycles. The lowest BCUT2D eigenvalue weighted by atomic mass is 9.79. The number of nitrogens with zero attached hydrogens (tertiary/aromatic N) is 3. The third kappa shape index (κ3) is 4.38. The Morgan fingerprint density at radius 2 is 1.93 bits per heavy atom. The van der Waals surface area contributed by atoms with Crippen molar-refractivity contribution in [2.24, 2.45) is 5.92 Å². The van der Waals surface area contributed by atoms with E-state index in [0.29, 0.717) is 45.8 Å².